The smallest absolute Gasteiger partial charge is 0.327 e. The molecule has 2 aliphatic rings. The number of rotatable bonds is 6. The Bertz CT molecular complexity index is 412. The number of carboxylic acid groups (broad SMARTS) is 1. The molecule has 120 valence electrons. The molecule has 6 nitrogen and oxygen atoms in total. The van der Waals surface area contributed by atoms with Crippen molar-refractivity contribution in [3.8, 4) is 0 Å². The van der Waals surface area contributed by atoms with Gasteiger partial charge in [-0.15, -0.1) is 11.8 Å². The summed E-state index contributed by atoms with van der Waals surface area (Å²) in [6.07, 6.45) is 2.16. The average molecular weight is 316 g/mol. The van der Waals surface area contributed by atoms with E-state index < -0.39 is 17.6 Å². The Morgan fingerprint density at radius 2 is 2.10 bits per heavy atom. The molecule has 2 unspecified atom stereocenters. The Labute approximate surface area is 129 Å². The quantitative estimate of drug-likeness (QED) is 0.780. The molecule has 1 heterocycles. The highest BCUT2D eigenvalue weighted by Gasteiger charge is 2.48. The van der Waals surface area contributed by atoms with Gasteiger partial charge in [0.25, 0.3) is 0 Å². The van der Waals surface area contributed by atoms with Crippen LogP contribution in [-0.2, 0) is 9.53 Å². The van der Waals surface area contributed by atoms with Gasteiger partial charge in [-0.1, -0.05) is 0 Å². The Kier molecular flexibility index (Phi) is 5.03. The Hall–Kier alpha value is -0.950. The van der Waals surface area contributed by atoms with Crippen molar-refractivity contribution >= 4 is 23.8 Å². The van der Waals surface area contributed by atoms with E-state index in [2.05, 4.69) is 5.32 Å². The summed E-state index contributed by atoms with van der Waals surface area (Å²) in [5.74, 6) is -0.00597. The molecular formula is C14H24N2O4S. The van der Waals surface area contributed by atoms with Crippen LogP contribution in [0.2, 0.25) is 0 Å². The summed E-state index contributed by atoms with van der Waals surface area (Å²) in [5, 5.41) is 12.1. The molecule has 2 amide bonds. The number of carbonyl (C=O) groups excluding carboxylic acids is 1. The topological polar surface area (TPSA) is 78.9 Å². The van der Waals surface area contributed by atoms with Gasteiger partial charge in [0, 0.05) is 18.9 Å². The number of nitrogens with one attached hydrogen (secondary N) is 1. The molecule has 2 fully saturated rings. The van der Waals surface area contributed by atoms with E-state index in [9.17, 15) is 14.7 Å². The van der Waals surface area contributed by atoms with Crippen molar-refractivity contribution in [2.45, 2.75) is 50.6 Å². The maximum Gasteiger partial charge on any atom is 0.327 e. The Balaban J connectivity index is 1.98. The fourth-order valence-electron chi connectivity index (χ4n) is 2.54. The highest BCUT2D eigenvalue weighted by molar-refractivity contribution is 8.00. The minimum Gasteiger partial charge on any atom is -0.480 e. The number of ether oxygens (including phenoxy) is 1. The zero-order valence-corrected chi connectivity index (χ0v) is 13.6. The molecule has 2 N–H and O–H groups in total. The summed E-state index contributed by atoms with van der Waals surface area (Å²) in [6.45, 7) is 6.66. The number of carboxylic acids is 1. The van der Waals surface area contributed by atoms with E-state index in [1.165, 1.54) is 4.90 Å². The third-order valence-electron chi connectivity index (χ3n) is 3.78. The average Bonchev–Trinajstić information content (AvgIpc) is 3.14. The molecular weight excluding hydrogens is 292 g/mol. The summed E-state index contributed by atoms with van der Waals surface area (Å²) in [6, 6.07) is -1.02. The summed E-state index contributed by atoms with van der Waals surface area (Å²) >= 11 is 1.58. The first-order valence-electron chi connectivity index (χ1n) is 7.40. The van der Waals surface area contributed by atoms with Gasteiger partial charge in [-0.2, -0.15) is 0 Å². The highest BCUT2D eigenvalue weighted by atomic mass is 32.2. The summed E-state index contributed by atoms with van der Waals surface area (Å²) in [4.78, 5) is 25.3. The van der Waals surface area contributed by atoms with Gasteiger partial charge in [0.2, 0.25) is 0 Å². The van der Waals surface area contributed by atoms with Crippen molar-refractivity contribution in [2.24, 2.45) is 5.92 Å². The van der Waals surface area contributed by atoms with Crippen LogP contribution in [0, 0.1) is 5.92 Å². The first-order valence-corrected chi connectivity index (χ1v) is 8.45. The lowest BCUT2D eigenvalue weighted by Gasteiger charge is -2.30. The molecule has 1 aliphatic heterocycles. The number of nitrogens with zero attached hydrogens (tertiary/aromatic N) is 1. The molecule has 0 aromatic carbocycles. The van der Waals surface area contributed by atoms with Gasteiger partial charge in [0.1, 0.15) is 6.04 Å². The first kappa shape index (κ1) is 16.4. The zero-order valence-electron chi connectivity index (χ0n) is 12.8. The fraction of sp³-hybridized carbons (Fsp3) is 0.857. The van der Waals surface area contributed by atoms with Gasteiger partial charge in [-0.3, -0.25) is 4.90 Å². The van der Waals surface area contributed by atoms with Crippen LogP contribution in [0.4, 0.5) is 4.79 Å². The number of aliphatic carboxylic acids is 1. The van der Waals surface area contributed by atoms with Crippen LogP contribution >= 0.6 is 11.8 Å². The van der Waals surface area contributed by atoms with Crippen LogP contribution in [-0.4, -0.2) is 57.9 Å². The second-order valence-corrected chi connectivity index (χ2v) is 7.32. The largest absolute Gasteiger partial charge is 0.480 e. The van der Waals surface area contributed by atoms with Gasteiger partial charge in [0.05, 0.1) is 11.0 Å². The molecule has 21 heavy (non-hydrogen) atoms. The second-order valence-electron chi connectivity index (χ2n) is 6.17. The van der Waals surface area contributed by atoms with Crippen molar-refractivity contribution < 1.29 is 19.4 Å². The molecule has 0 bridgehead atoms. The minimum absolute atomic E-state index is 0.00121. The molecule has 1 saturated carbocycles. The van der Waals surface area contributed by atoms with E-state index in [1.807, 2.05) is 20.8 Å². The summed E-state index contributed by atoms with van der Waals surface area (Å²) in [7, 11) is 0. The molecule has 2 rings (SSSR count). The van der Waals surface area contributed by atoms with Crippen molar-refractivity contribution in [3.63, 3.8) is 0 Å². The fourth-order valence-corrected chi connectivity index (χ4v) is 4.17. The number of hydrogen-bond acceptors (Lipinski definition) is 4. The van der Waals surface area contributed by atoms with Gasteiger partial charge in [-0.05, 0) is 39.5 Å². The van der Waals surface area contributed by atoms with Crippen LogP contribution in [0.3, 0.4) is 0 Å². The molecule has 1 aliphatic carbocycles. The highest BCUT2D eigenvalue weighted by Crippen LogP contribution is 2.45. The summed E-state index contributed by atoms with van der Waals surface area (Å²) < 4.78 is 5.55. The third-order valence-corrected chi connectivity index (χ3v) is 5.24. The predicted octanol–water partition coefficient (Wildman–Crippen LogP) is 1.75. The predicted molar refractivity (Wildman–Crippen MR) is 81.3 cm³/mol. The molecule has 0 radical (unpaired) electrons. The normalized spacial score (nSPS) is 26.0. The number of amides is 2. The standard InChI is InChI=1S/C14H24N2O4S/c1-4-20-14(2,3)8-15-13(19)16-10(12(17)18)7-21-11(16)9-5-6-9/h9-11H,4-8H2,1-3H3,(H,15,19)(H,17,18). The van der Waals surface area contributed by atoms with Crippen molar-refractivity contribution in [1.29, 1.82) is 0 Å². The molecule has 0 aromatic heterocycles. The van der Waals surface area contributed by atoms with Gasteiger partial charge in [0.15, 0.2) is 0 Å². The SMILES string of the molecule is CCOC(C)(C)CNC(=O)N1C(C(=O)O)CSC1C1CC1. The van der Waals surface area contributed by atoms with E-state index in [0.717, 1.165) is 12.8 Å². The number of carbonyl (C=O) groups is 2. The first-order chi connectivity index (χ1) is 9.85. The zero-order chi connectivity index (χ0) is 15.6. The maximum atomic E-state index is 12.4. The van der Waals surface area contributed by atoms with Crippen molar-refractivity contribution in [2.75, 3.05) is 18.9 Å². The molecule has 7 heteroatoms. The van der Waals surface area contributed by atoms with Gasteiger partial charge in [-0.25, -0.2) is 9.59 Å². The van der Waals surface area contributed by atoms with Crippen LogP contribution in [0.15, 0.2) is 0 Å². The number of hydrogen-bond donors (Lipinski definition) is 2. The second kappa shape index (κ2) is 6.44. The van der Waals surface area contributed by atoms with E-state index in [-0.39, 0.29) is 11.4 Å². The molecule has 0 spiro atoms. The van der Waals surface area contributed by atoms with Crippen LogP contribution in [0.5, 0.6) is 0 Å². The maximum absolute atomic E-state index is 12.4. The van der Waals surface area contributed by atoms with Crippen LogP contribution < -0.4 is 5.32 Å². The van der Waals surface area contributed by atoms with E-state index >= 15 is 0 Å². The lowest BCUT2D eigenvalue weighted by molar-refractivity contribution is -0.141. The third kappa shape index (κ3) is 4.03. The van der Waals surface area contributed by atoms with Crippen LogP contribution in [0.1, 0.15) is 33.6 Å². The Morgan fingerprint density at radius 3 is 2.62 bits per heavy atom. The van der Waals surface area contributed by atoms with Crippen molar-refractivity contribution in [3.05, 3.63) is 0 Å². The lowest BCUT2D eigenvalue weighted by Crippen LogP contribution is -2.53. The minimum atomic E-state index is -0.926. The number of urea groups is 1. The molecule has 0 aromatic rings. The number of thioether (sulfide) groups is 1. The lowest BCUT2D eigenvalue weighted by atomic mass is 10.1. The van der Waals surface area contributed by atoms with E-state index in [1.54, 1.807) is 11.8 Å². The van der Waals surface area contributed by atoms with Crippen LogP contribution in [0.25, 0.3) is 0 Å². The molecule has 1 saturated heterocycles. The van der Waals surface area contributed by atoms with Gasteiger partial charge >= 0.3 is 12.0 Å². The summed E-state index contributed by atoms with van der Waals surface area (Å²) in [5.41, 5.74) is -0.453. The van der Waals surface area contributed by atoms with E-state index in [0.29, 0.717) is 24.8 Å². The van der Waals surface area contributed by atoms with Crippen molar-refractivity contribution in [1.82, 2.24) is 10.2 Å². The molecule has 2 atom stereocenters. The van der Waals surface area contributed by atoms with Gasteiger partial charge < -0.3 is 15.2 Å². The monoisotopic (exact) mass is 316 g/mol. The van der Waals surface area contributed by atoms with E-state index in [4.69, 9.17) is 4.74 Å². The Morgan fingerprint density at radius 1 is 1.43 bits per heavy atom.